The van der Waals surface area contributed by atoms with Gasteiger partial charge in [-0.2, -0.15) is 5.10 Å². The predicted octanol–water partition coefficient (Wildman–Crippen LogP) is 1.17. The third-order valence-electron chi connectivity index (χ3n) is 2.51. The molecule has 100 valence electrons. The smallest absolute Gasteiger partial charge is 0.273 e. The molecule has 0 atom stereocenters. The number of rotatable bonds is 4. The van der Waals surface area contributed by atoms with E-state index in [4.69, 9.17) is 10.8 Å². The molecule has 0 spiro atoms. The van der Waals surface area contributed by atoms with Crippen molar-refractivity contribution >= 4 is 11.5 Å². The van der Waals surface area contributed by atoms with Crippen molar-refractivity contribution in [1.29, 1.82) is 0 Å². The molecule has 0 aliphatic rings. The first-order valence-corrected chi connectivity index (χ1v) is 5.41. The van der Waals surface area contributed by atoms with Gasteiger partial charge < -0.3 is 10.8 Å². The van der Waals surface area contributed by atoms with E-state index in [2.05, 4.69) is 5.10 Å². The number of non-ortho nitro benzene ring substituents is 1. The van der Waals surface area contributed by atoms with Crippen LogP contribution < -0.4 is 5.73 Å². The van der Waals surface area contributed by atoms with Crippen molar-refractivity contribution in [2.45, 2.75) is 6.54 Å². The first kappa shape index (κ1) is 13.0. The Morgan fingerprint density at radius 2 is 2.16 bits per heavy atom. The molecule has 0 radical (unpaired) electrons. The Kier molecular flexibility index (Phi) is 3.43. The second kappa shape index (κ2) is 5.02. The summed E-state index contributed by atoms with van der Waals surface area (Å²) >= 11 is 0. The standard InChI is InChI=1S/C11H11FN4O3/c12-8-3-7(4-9(5-8)16(18)19)10-6-11(13)15(14-10)1-2-17/h3-6,17H,1-2,13H2. The first-order valence-electron chi connectivity index (χ1n) is 5.41. The van der Waals surface area contributed by atoms with Crippen molar-refractivity contribution in [2.24, 2.45) is 0 Å². The van der Waals surface area contributed by atoms with Crippen LogP contribution in [0.5, 0.6) is 0 Å². The quantitative estimate of drug-likeness (QED) is 0.638. The van der Waals surface area contributed by atoms with Crippen LogP contribution in [0.15, 0.2) is 24.3 Å². The van der Waals surface area contributed by atoms with Gasteiger partial charge in [0.1, 0.15) is 11.6 Å². The van der Waals surface area contributed by atoms with E-state index in [9.17, 15) is 14.5 Å². The molecule has 0 saturated carbocycles. The van der Waals surface area contributed by atoms with Gasteiger partial charge in [-0.05, 0) is 6.07 Å². The largest absolute Gasteiger partial charge is 0.394 e. The predicted molar refractivity (Wildman–Crippen MR) is 65.8 cm³/mol. The van der Waals surface area contributed by atoms with E-state index in [1.165, 1.54) is 16.8 Å². The maximum absolute atomic E-state index is 13.3. The Balaban J connectivity index is 2.46. The van der Waals surface area contributed by atoms with Gasteiger partial charge in [0.15, 0.2) is 0 Å². The summed E-state index contributed by atoms with van der Waals surface area (Å²) in [6.07, 6.45) is 0. The summed E-state index contributed by atoms with van der Waals surface area (Å²) in [5.41, 5.74) is 5.88. The number of nitrogens with two attached hydrogens (primary N) is 1. The molecule has 2 rings (SSSR count). The van der Waals surface area contributed by atoms with Gasteiger partial charge in [0, 0.05) is 17.7 Å². The van der Waals surface area contributed by atoms with Crippen LogP contribution in [0, 0.1) is 15.9 Å². The van der Waals surface area contributed by atoms with E-state index >= 15 is 0 Å². The van der Waals surface area contributed by atoms with Gasteiger partial charge in [-0.3, -0.25) is 10.1 Å². The molecule has 0 bridgehead atoms. The lowest BCUT2D eigenvalue weighted by atomic mass is 10.1. The van der Waals surface area contributed by atoms with Gasteiger partial charge in [0.05, 0.1) is 29.8 Å². The molecule has 0 fully saturated rings. The summed E-state index contributed by atoms with van der Waals surface area (Å²) < 4.78 is 14.7. The second-order valence-corrected chi connectivity index (χ2v) is 3.86. The first-order chi connectivity index (χ1) is 9.01. The number of aliphatic hydroxyl groups is 1. The highest BCUT2D eigenvalue weighted by Crippen LogP contribution is 2.25. The molecule has 8 heteroatoms. The molecule has 1 heterocycles. The van der Waals surface area contributed by atoms with Crippen molar-refractivity contribution in [2.75, 3.05) is 12.3 Å². The van der Waals surface area contributed by atoms with Gasteiger partial charge in [-0.1, -0.05) is 0 Å². The molecule has 0 aliphatic carbocycles. The van der Waals surface area contributed by atoms with Crippen LogP contribution >= 0.6 is 0 Å². The topological polar surface area (TPSA) is 107 Å². The molecule has 19 heavy (non-hydrogen) atoms. The number of aliphatic hydroxyl groups excluding tert-OH is 1. The third kappa shape index (κ3) is 2.68. The maximum Gasteiger partial charge on any atom is 0.273 e. The Morgan fingerprint density at radius 1 is 1.42 bits per heavy atom. The normalized spacial score (nSPS) is 10.6. The van der Waals surface area contributed by atoms with Crippen LogP contribution in [0.4, 0.5) is 15.9 Å². The van der Waals surface area contributed by atoms with Crippen LogP contribution in [0.25, 0.3) is 11.3 Å². The van der Waals surface area contributed by atoms with Crippen LogP contribution in [0.2, 0.25) is 0 Å². The molecule has 1 aromatic carbocycles. The molecular weight excluding hydrogens is 255 g/mol. The van der Waals surface area contributed by atoms with E-state index < -0.39 is 10.7 Å². The van der Waals surface area contributed by atoms with E-state index in [0.29, 0.717) is 5.69 Å². The fourth-order valence-corrected chi connectivity index (χ4v) is 1.67. The van der Waals surface area contributed by atoms with Crippen LogP contribution in [-0.4, -0.2) is 26.4 Å². The summed E-state index contributed by atoms with van der Waals surface area (Å²) in [4.78, 5) is 9.99. The van der Waals surface area contributed by atoms with Gasteiger partial charge >= 0.3 is 0 Å². The number of benzene rings is 1. The van der Waals surface area contributed by atoms with Crippen LogP contribution in [-0.2, 0) is 6.54 Å². The van der Waals surface area contributed by atoms with Crippen LogP contribution in [0.1, 0.15) is 0 Å². The number of hydrogen-bond donors (Lipinski definition) is 2. The summed E-state index contributed by atoms with van der Waals surface area (Å²) in [5.74, 6) is -0.435. The number of hydrogen-bond acceptors (Lipinski definition) is 5. The summed E-state index contributed by atoms with van der Waals surface area (Å²) in [7, 11) is 0. The summed E-state index contributed by atoms with van der Waals surface area (Å²) in [5, 5.41) is 23.5. The van der Waals surface area contributed by atoms with Gasteiger partial charge in [0.2, 0.25) is 0 Å². The maximum atomic E-state index is 13.3. The molecule has 0 amide bonds. The third-order valence-corrected chi connectivity index (χ3v) is 2.51. The summed E-state index contributed by atoms with van der Waals surface area (Å²) in [6, 6.07) is 4.65. The number of anilines is 1. The molecule has 3 N–H and O–H groups in total. The lowest BCUT2D eigenvalue weighted by molar-refractivity contribution is -0.385. The zero-order valence-corrected chi connectivity index (χ0v) is 9.78. The molecule has 1 aromatic heterocycles. The molecule has 2 aromatic rings. The highest BCUT2D eigenvalue weighted by atomic mass is 19.1. The second-order valence-electron chi connectivity index (χ2n) is 3.86. The monoisotopic (exact) mass is 266 g/mol. The highest BCUT2D eigenvalue weighted by molar-refractivity contribution is 5.65. The van der Waals surface area contributed by atoms with Crippen molar-refractivity contribution in [1.82, 2.24) is 9.78 Å². The zero-order chi connectivity index (χ0) is 14.0. The van der Waals surface area contributed by atoms with Crippen molar-refractivity contribution in [3.8, 4) is 11.3 Å². The number of nitro benzene ring substituents is 1. The van der Waals surface area contributed by atoms with E-state index in [1.54, 1.807) is 0 Å². The van der Waals surface area contributed by atoms with Crippen LogP contribution in [0.3, 0.4) is 0 Å². The van der Waals surface area contributed by atoms with Crippen molar-refractivity contribution in [3.05, 3.63) is 40.2 Å². The minimum Gasteiger partial charge on any atom is -0.394 e. The number of aromatic nitrogens is 2. The zero-order valence-electron chi connectivity index (χ0n) is 9.78. The van der Waals surface area contributed by atoms with E-state index in [-0.39, 0.29) is 30.2 Å². The molecule has 7 nitrogen and oxygen atoms in total. The number of halogens is 1. The minimum atomic E-state index is -0.723. The molecular formula is C11H11FN4O3. The Bertz CT molecular complexity index is 626. The lowest BCUT2D eigenvalue weighted by Gasteiger charge is -2.00. The van der Waals surface area contributed by atoms with Crippen molar-refractivity contribution < 1.29 is 14.4 Å². The molecule has 0 unspecified atom stereocenters. The van der Waals surface area contributed by atoms with E-state index in [0.717, 1.165) is 12.1 Å². The highest BCUT2D eigenvalue weighted by Gasteiger charge is 2.14. The van der Waals surface area contributed by atoms with Gasteiger partial charge in [-0.15, -0.1) is 0 Å². The van der Waals surface area contributed by atoms with E-state index in [1.807, 2.05) is 0 Å². The number of nitrogens with zero attached hydrogens (tertiary/aromatic N) is 3. The van der Waals surface area contributed by atoms with Crippen molar-refractivity contribution in [3.63, 3.8) is 0 Å². The Hall–Kier alpha value is -2.48. The SMILES string of the molecule is Nc1cc(-c2cc(F)cc([N+](=O)[O-])c2)nn1CCO. The number of nitrogen functional groups attached to an aromatic ring is 1. The fourth-order valence-electron chi connectivity index (χ4n) is 1.67. The molecule has 0 aliphatic heterocycles. The Morgan fingerprint density at radius 3 is 2.79 bits per heavy atom. The van der Waals surface area contributed by atoms with Gasteiger partial charge in [-0.25, -0.2) is 9.07 Å². The fraction of sp³-hybridized carbons (Fsp3) is 0.182. The average molecular weight is 266 g/mol. The molecule has 0 saturated heterocycles. The van der Waals surface area contributed by atoms with Gasteiger partial charge in [0.25, 0.3) is 5.69 Å². The summed E-state index contributed by atoms with van der Waals surface area (Å²) in [6.45, 7) is 0.0534. The minimum absolute atomic E-state index is 0.144. The number of nitro groups is 1. The average Bonchev–Trinajstić information content (AvgIpc) is 2.71. The lowest BCUT2D eigenvalue weighted by Crippen LogP contribution is -2.07. The Labute approximate surface area is 107 Å².